The molecule has 17 heavy (non-hydrogen) atoms. The van der Waals surface area contributed by atoms with Crippen LogP contribution < -0.4 is 5.01 Å². The predicted molar refractivity (Wildman–Crippen MR) is 63.8 cm³/mol. The summed E-state index contributed by atoms with van der Waals surface area (Å²) in [5.74, 6) is 1.21. The van der Waals surface area contributed by atoms with Crippen molar-refractivity contribution in [1.82, 2.24) is 9.66 Å². The van der Waals surface area contributed by atoms with Crippen LogP contribution in [0.3, 0.4) is 0 Å². The molecule has 0 saturated carbocycles. The molecule has 1 saturated heterocycles. The maximum atomic E-state index is 9.61. The zero-order valence-corrected chi connectivity index (χ0v) is 10.1. The Hall–Kier alpha value is -1.54. The highest BCUT2D eigenvalue weighted by atomic mass is 16.3. The van der Waals surface area contributed by atoms with Crippen molar-refractivity contribution in [3.8, 4) is 6.07 Å². The highest BCUT2D eigenvalue weighted by Crippen LogP contribution is 2.20. The second kappa shape index (κ2) is 5.19. The first-order chi connectivity index (χ1) is 8.22. The fourth-order valence-electron chi connectivity index (χ4n) is 2.31. The number of imidazole rings is 1. The Bertz CT molecular complexity index is 399. The Morgan fingerprint density at radius 1 is 1.59 bits per heavy atom. The van der Waals surface area contributed by atoms with E-state index in [2.05, 4.69) is 16.1 Å². The maximum absolute atomic E-state index is 9.61. The van der Waals surface area contributed by atoms with Gasteiger partial charge in [-0.1, -0.05) is 0 Å². The monoisotopic (exact) mass is 234 g/mol. The quantitative estimate of drug-likeness (QED) is 0.853. The van der Waals surface area contributed by atoms with E-state index < -0.39 is 6.10 Å². The minimum Gasteiger partial charge on any atom is -0.385 e. The number of aliphatic hydroxyl groups is 1. The van der Waals surface area contributed by atoms with E-state index in [1.807, 2.05) is 10.9 Å². The van der Waals surface area contributed by atoms with E-state index in [4.69, 9.17) is 5.26 Å². The summed E-state index contributed by atoms with van der Waals surface area (Å²) in [6.45, 7) is 3.56. The average molecular weight is 234 g/mol. The molecule has 1 fully saturated rings. The molecule has 5 nitrogen and oxygen atoms in total. The lowest BCUT2D eigenvalue weighted by Gasteiger charge is -2.34. The van der Waals surface area contributed by atoms with Crippen LogP contribution in [0.2, 0.25) is 0 Å². The lowest BCUT2D eigenvalue weighted by molar-refractivity contribution is 0.181. The number of aliphatic hydroxyl groups excluding tert-OH is 1. The number of nitriles is 1. The highest BCUT2D eigenvalue weighted by molar-refractivity contribution is 5.03. The van der Waals surface area contributed by atoms with Crippen LogP contribution in [-0.4, -0.2) is 27.9 Å². The summed E-state index contributed by atoms with van der Waals surface area (Å²) >= 11 is 0. The lowest BCUT2D eigenvalue weighted by Crippen LogP contribution is -2.42. The Morgan fingerprint density at radius 3 is 2.88 bits per heavy atom. The summed E-state index contributed by atoms with van der Waals surface area (Å²) in [6.07, 6.45) is 5.76. The maximum Gasteiger partial charge on any atom is 0.155 e. The molecular weight excluding hydrogens is 216 g/mol. The van der Waals surface area contributed by atoms with Gasteiger partial charge in [-0.05, 0) is 25.7 Å². The molecule has 0 radical (unpaired) electrons. The molecule has 1 atom stereocenters. The number of hydrogen-bond acceptors (Lipinski definition) is 4. The molecule has 1 N–H and O–H groups in total. The van der Waals surface area contributed by atoms with Crippen LogP contribution in [0.4, 0.5) is 0 Å². The van der Waals surface area contributed by atoms with Crippen LogP contribution in [0.15, 0.2) is 12.4 Å². The first-order valence-corrected chi connectivity index (χ1v) is 6.06. The normalized spacial score (nSPS) is 19.0. The SMILES string of the molecule is C[C@@H](O)c1nccn1N1CCC(CC#N)CC1. The second-order valence-corrected chi connectivity index (χ2v) is 4.57. The van der Waals surface area contributed by atoms with Gasteiger partial charge in [-0.15, -0.1) is 0 Å². The van der Waals surface area contributed by atoms with E-state index in [0.29, 0.717) is 18.2 Å². The third-order valence-electron chi connectivity index (χ3n) is 3.30. The number of nitrogens with zero attached hydrogens (tertiary/aromatic N) is 4. The van der Waals surface area contributed by atoms with Crippen molar-refractivity contribution in [2.45, 2.75) is 32.3 Å². The topological polar surface area (TPSA) is 65.1 Å². The van der Waals surface area contributed by atoms with Gasteiger partial charge in [0.15, 0.2) is 5.82 Å². The van der Waals surface area contributed by atoms with Crippen LogP contribution in [-0.2, 0) is 0 Å². The fourth-order valence-corrected chi connectivity index (χ4v) is 2.31. The van der Waals surface area contributed by atoms with Gasteiger partial charge in [0, 0.05) is 31.9 Å². The van der Waals surface area contributed by atoms with E-state index >= 15 is 0 Å². The molecule has 0 unspecified atom stereocenters. The van der Waals surface area contributed by atoms with Gasteiger partial charge in [0.1, 0.15) is 6.10 Å². The Morgan fingerprint density at radius 2 is 2.29 bits per heavy atom. The Balaban J connectivity index is 2.01. The Kier molecular flexibility index (Phi) is 3.64. The summed E-state index contributed by atoms with van der Waals surface area (Å²) < 4.78 is 1.94. The van der Waals surface area contributed by atoms with E-state index in [0.717, 1.165) is 25.9 Å². The van der Waals surface area contributed by atoms with Crippen molar-refractivity contribution < 1.29 is 5.11 Å². The van der Waals surface area contributed by atoms with E-state index in [-0.39, 0.29) is 0 Å². The van der Waals surface area contributed by atoms with Crippen LogP contribution in [0.5, 0.6) is 0 Å². The third-order valence-corrected chi connectivity index (χ3v) is 3.30. The van der Waals surface area contributed by atoms with Gasteiger partial charge in [0.25, 0.3) is 0 Å². The fraction of sp³-hybridized carbons (Fsp3) is 0.667. The number of rotatable bonds is 3. The molecule has 0 amide bonds. The first-order valence-electron chi connectivity index (χ1n) is 6.06. The van der Waals surface area contributed by atoms with Crippen LogP contribution in [0.1, 0.15) is 38.1 Å². The standard InChI is InChI=1S/C12H18N4O/c1-10(17)12-14-6-9-16(12)15-7-3-11(2-5-13)4-8-15/h6,9-11,17H,2-4,7-8H2,1H3/t10-/m1/s1. The van der Waals surface area contributed by atoms with Crippen molar-refractivity contribution in [3.63, 3.8) is 0 Å². The molecule has 0 spiro atoms. The van der Waals surface area contributed by atoms with Crippen LogP contribution >= 0.6 is 0 Å². The molecule has 0 aromatic carbocycles. The molecule has 1 aliphatic rings. The minimum atomic E-state index is -0.554. The molecule has 1 aliphatic heterocycles. The molecule has 5 heteroatoms. The molecule has 1 aromatic heterocycles. The highest BCUT2D eigenvalue weighted by Gasteiger charge is 2.21. The van der Waals surface area contributed by atoms with Crippen LogP contribution in [0, 0.1) is 17.2 Å². The second-order valence-electron chi connectivity index (χ2n) is 4.57. The van der Waals surface area contributed by atoms with Gasteiger partial charge < -0.3 is 10.1 Å². The third kappa shape index (κ3) is 2.59. The van der Waals surface area contributed by atoms with E-state index in [1.54, 1.807) is 13.1 Å². The summed E-state index contributed by atoms with van der Waals surface area (Å²) in [5, 5.41) is 20.5. The smallest absolute Gasteiger partial charge is 0.155 e. The van der Waals surface area contributed by atoms with Gasteiger partial charge in [-0.25, -0.2) is 9.66 Å². The van der Waals surface area contributed by atoms with Crippen molar-refractivity contribution in [1.29, 1.82) is 5.26 Å². The molecule has 92 valence electrons. The zero-order valence-electron chi connectivity index (χ0n) is 10.1. The molecule has 1 aromatic rings. The summed E-state index contributed by atoms with van der Waals surface area (Å²) in [7, 11) is 0. The van der Waals surface area contributed by atoms with Crippen molar-refractivity contribution in [2.24, 2.45) is 5.92 Å². The van der Waals surface area contributed by atoms with Gasteiger partial charge >= 0.3 is 0 Å². The number of piperidine rings is 1. The number of aromatic nitrogens is 2. The van der Waals surface area contributed by atoms with Crippen molar-refractivity contribution in [2.75, 3.05) is 18.1 Å². The first kappa shape index (κ1) is 11.9. The molecule has 0 bridgehead atoms. The summed E-state index contributed by atoms with van der Waals surface area (Å²) in [5.41, 5.74) is 0. The van der Waals surface area contributed by atoms with E-state index in [9.17, 15) is 5.11 Å². The van der Waals surface area contributed by atoms with Crippen molar-refractivity contribution in [3.05, 3.63) is 18.2 Å². The van der Waals surface area contributed by atoms with Crippen molar-refractivity contribution >= 4 is 0 Å². The molecular formula is C12H18N4O. The van der Waals surface area contributed by atoms with Gasteiger partial charge in [-0.3, -0.25) is 0 Å². The summed E-state index contributed by atoms with van der Waals surface area (Å²) in [6, 6.07) is 2.24. The molecule has 0 aliphatic carbocycles. The zero-order chi connectivity index (χ0) is 12.3. The van der Waals surface area contributed by atoms with Crippen LogP contribution in [0.25, 0.3) is 0 Å². The largest absolute Gasteiger partial charge is 0.385 e. The Labute approximate surface area is 101 Å². The molecule has 2 rings (SSSR count). The average Bonchev–Trinajstić information content (AvgIpc) is 2.79. The van der Waals surface area contributed by atoms with Gasteiger partial charge in [0.05, 0.1) is 6.07 Å². The lowest BCUT2D eigenvalue weighted by atomic mass is 9.95. The summed E-state index contributed by atoms with van der Waals surface area (Å²) in [4.78, 5) is 4.17. The predicted octanol–water partition coefficient (Wildman–Crippen LogP) is 1.20. The molecule has 2 heterocycles. The van der Waals surface area contributed by atoms with Gasteiger partial charge in [-0.2, -0.15) is 5.26 Å². The van der Waals surface area contributed by atoms with Gasteiger partial charge in [0.2, 0.25) is 0 Å². The number of hydrogen-bond donors (Lipinski definition) is 1. The van der Waals surface area contributed by atoms with E-state index in [1.165, 1.54) is 0 Å². The minimum absolute atomic E-state index is 0.523.